The number of aliphatic hydroxyl groups is 1. The highest BCUT2D eigenvalue weighted by atomic mass is 16.6. The fourth-order valence-electron chi connectivity index (χ4n) is 4.00. The summed E-state index contributed by atoms with van der Waals surface area (Å²) in [4.78, 5) is 26.5. The Kier molecular flexibility index (Phi) is 5.00. The van der Waals surface area contributed by atoms with Crippen molar-refractivity contribution < 1.29 is 24.2 Å². The van der Waals surface area contributed by atoms with Gasteiger partial charge in [0.25, 0.3) is 0 Å². The van der Waals surface area contributed by atoms with E-state index in [4.69, 9.17) is 9.47 Å². The van der Waals surface area contributed by atoms with Gasteiger partial charge in [-0.3, -0.25) is 15.0 Å². The minimum absolute atomic E-state index is 0.0477. The molecular weight excluding hydrogens is 374 g/mol. The van der Waals surface area contributed by atoms with Crippen LogP contribution < -0.4 is 10.2 Å². The Hall–Kier alpha value is -3.13. The van der Waals surface area contributed by atoms with Crippen LogP contribution in [0.15, 0.2) is 41.7 Å². The van der Waals surface area contributed by atoms with Crippen molar-refractivity contribution in [1.82, 2.24) is 9.89 Å². The highest BCUT2D eigenvalue weighted by molar-refractivity contribution is 6.08. The van der Waals surface area contributed by atoms with Gasteiger partial charge in [-0.15, -0.1) is 9.89 Å². The third-order valence-electron chi connectivity index (χ3n) is 5.24. The smallest absolute Gasteiger partial charge is 0.241 e. The summed E-state index contributed by atoms with van der Waals surface area (Å²) in [6, 6.07) is 9.48. The normalized spacial score (nSPS) is 23.7. The van der Waals surface area contributed by atoms with Crippen LogP contribution >= 0.6 is 0 Å². The van der Waals surface area contributed by atoms with Gasteiger partial charge >= 0.3 is 0 Å². The lowest BCUT2D eigenvalue weighted by Crippen LogP contribution is -2.64. The molecule has 154 valence electrons. The number of ketones is 2. The molecule has 3 rings (SSSR count). The number of hydrogen-bond donors (Lipinski definition) is 2. The number of Topliss-reactive ketones (excluding diaryl/α,β-unsaturated/α-hetero) is 2. The summed E-state index contributed by atoms with van der Waals surface area (Å²) in [5.41, 5.74) is 3.34. The third-order valence-corrected chi connectivity index (χ3v) is 5.24. The Morgan fingerprint density at radius 1 is 1.21 bits per heavy atom. The van der Waals surface area contributed by atoms with Gasteiger partial charge < -0.3 is 14.6 Å². The van der Waals surface area contributed by atoms with E-state index in [0.29, 0.717) is 11.6 Å². The average Bonchev–Trinajstić information content (AvgIpc) is 3.06. The topological polar surface area (TPSA) is 103 Å². The maximum Gasteiger partial charge on any atom is 0.241 e. The summed E-state index contributed by atoms with van der Waals surface area (Å²) in [5, 5.41) is 15.6. The number of benzene rings is 1. The summed E-state index contributed by atoms with van der Waals surface area (Å²) in [6.45, 7) is 7.32. The number of nitrogens with zero attached hydrogens (tertiary/aromatic N) is 2. The van der Waals surface area contributed by atoms with E-state index in [1.54, 1.807) is 6.92 Å². The molecule has 29 heavy (non-hydrogen) atoms. The van der Waals surface area contributed by atoms with Crippen molar-refractivity contribution in [2.24, 2.45) is 0 Å². The molecule has 1 aliphatic heterocycles. The largest absolute Gasteiger partial charge is 0.480 e. The zero-order chi connectivity index (χ0) is 21.6. The Balaban J connectivity index is 2.21. The standard InChI is InChI=1S/C21H25N3O5/c1-12-18(16-10-8-7-9-11-16)22-24(19(12)28-6)23-21(15(4)26)17(13(2)25)14(3)29-20(21,5)27/h7-11,23,27H,1-6H3/t20-,21+/m0/s1. The van der Waals surface area contributed by atoms with Crippen molar-refractivity contribution >= 4 is 11.6 Å². The van der Waals surface area contributed by atoms with E-state index in [0.717, 1.165) is 11.1 Å². The predicted molar refractivity (Wildman–Crippen MR) is 107 cm³/mol. The van der Waals surface area contributed by atoms with Crippen LogP contribution in [0.5, 0.6) is 5.88 Å². The molecule has 2 N–H and O–H groups in total. The molecule has 8 heteroatoms. The lowest BCUT2D eigenvalue weighted by atomic mass is 9.79. The van der Waals surface area contributed by atoms with E-state index < -0.39 is 22.9 Å². The summed E-state index contributed by atoms with van der Waals surface area (Å²) in [7, 11) is 1.48. The van der Waals surface area contributed by atoms with Gasteiger partial charge in [0.2, 0.25) is 17.2 Å². The molecule has 0 bridgehead atoms. The number of methoxy groups -OCH3 is 1. The van der Waals surface area contributed by atoms with E-state index in [1.165, 1.54) is 32.7 Å². The molecule has 0 radical (unpaired) electrons. The van der Waals surface area contributed by atoms with Crippen molar-refractivity contribution in [2.75, 3.05) is 12.5 Å². The van der Waals surface area contributed by atoms with E-state index in [1.807, 2.05) is 37.3 Å². The number of aromatic nitrogens is 2. The maximum atomic E-state index is 12.8. The maximum absolute atomic E-state index is 12.8. The monoisotopic (exact) mass is 399 g/mol. The van der Waals surface area contributed by atoms with Gasteiger partial charge in [0.1, 0.15) is 11.5 Å². The number of carbonyl (C=O) groups is 2. The number of ether oxygens (including phenoxy) is 2. The van der Waals surface area contributed by atoms with Crippen LogP contribution in [0.4, 0.5) is 0 Å². The molecule has 0 spiro atoms. The minimum atomic E-state index is -2.01. The molecular formula is C21H25N3O5. The van der Waals surface area contributed by atoms with Crippen LogP contribution in [0, 0.1) is 6.92 Å². The second kappa shape index (κ2) is 7.04. The summed E-state index contributed by atoms with van der Waals surface area (Å²) in [6.07, 6.45) is 0. The molecule has 0 fully saturated rings. The summed E-state index contributed by atoms with van der Waals surface area (Å²) < 4.78 is 11.0. The van der Waals surface area contributed by atoms with Gasteiger partial charge in [-0.25, -0.2) is 0 Å². The molecule has 8 nitrogen and oxygen atoms in total. The van der Waals surface area contributed by atoms with Gasteiger partial charge in [0.05, 0.1) is 12.7 Å². The first kappa shape index (κ1) is 20.6. The first-order chi connectivity index (χ1) is 13.6. The molecule has 1 aromatic heterocycles. The predicted octanol–water partition coefficient (Wildman–Crippen LogP) is 2.34. The molecule has 2 heterocycles. The van der Waals surface area contributed by atoms with Crippen LogP contribution in [0.3, 0.4) is 0 Å². The fraction of sp³-hybridized carbons (Fsp3) is 0.381. The van der Waals surface area contributed by atoms with Crippen molar-refractivity contribution in [2.45, 2.75) is 45.9 Å². The SMILES string of the molecule is COc1c(C)c(-c2ccccc2)nn1N[C@]1(C(C)=O)C(C(C)=O)=C(C)O[C@]1(C)O. The second-order valence-corrected chi connectivity index (χ2v) is 7.25. The summed E-state index contributed by atoms with van der Waals surface area (Å²) in [5.74, 6) is -2.39. The lowest BCUT2D eigenvalue weighted by molar-refractivity contribution is -0.181. The van der Waals surface area contributed by atoms with E-state index in [9.17, 15) is 14.7 Å². The molecule has 0 aliphatic carbocycles. The zero-order valence-corrected chi connectivity index (χ0v) is 17.4. The van der Waals surface area contributed by atoms with Crippen molar-refractivity contribution in [3.05, 3.63) is 47.2 Å². The van der Waals surface area contributed by atoms with E-state index in [2.05, 4.69) is 10.5 Å². The molecule has 0 saturated heterocycles. The molecule has 1 aromatic carbocycles. The van der Waals surface area contributed by atoms with Gasteiger partial charge in [-0.05, 0) is 27.7 Å². The fourth-order valence-corrected chi connectivity index (χ4v) is 4.00. The Morgan fingerprint density at radius 3 is 2.34 bits per heavy atom. The molecule has 2 aromatic rings. The molecule has 0 amide bonds. The Morgan fingerprint density at radius 2 is 1.83 bits per heavy atom. The lowest BCUT2D eigenvalue weighted by Gasteiger charge is -2.38. The first-order valence-corrected chi connectivity index (χ1v) is 9.18. The first-order valence-electron chi connectivity index (χ1n) is 9.18. The van der Waals surface area contributed by atoms with Crippen LogP contribution in [0.25, 0.3) is 11.3 Å². The van der Waals surface area contributed by atoms with Crippen LogP contribution in [0.1, 0.15) is 33.3 Å². The zero-order valence-electron chi connectivity index (χ0n) is 17.4. The second-order valence-electron chi connectivity index (χ2n) is 7.25. The molecule has 1 aliphatic rings. The van der Waals surface area contributed by atoms with Crippen LogP contribution in [0.2, 0.25) is 0 Å². The number of carbonyl (C=O) groups excluding carboxylic acids is 2. The van der Waals surface area contributed by atoms with E-state index >= 15 is 0 Å². The van der Waals surface area contributed by atoms with Gasteiger partial charge in [0.15, 0.2) is 11.6 Å². The summed E-state index contributed by atoms with van der Waals surface area (Å²) >= 11 is 0. The van der Waals surface area contributed by atoms with Crippen molar-refractivity contribution in [3.8, 4) is 17.1 Å². The third kappa shape index (κ3) is 3.00. The highest BCUT2D eigenvalue weighted by Crippen LogP contribution is 2.44. The number of allylic oxidation sites excluding steroid dienone is 1. The number of nitrogens with one attached hydrogen (secondary N) is 1. The van der Waals surface area contributed by atoms with Crippen molar-refractivity contribution in [1.29, 1.82) is 0 Å². The average molecular weight is 399 g/mol. The minimum Gasteiger partial charge on any atom is -0.480 e. The van der Waals surface area contributed by atoms with Gasteiger partial charge in [0, 0.05) is 18.1 Å². The Labute approximate surface area is 169 Å². The van der Waals surface area contributed by atoms with Crippen LogP contribution in [-0.2, 0) is 14.3 Å². The highest BCUT2D eigenvalue weighted by Gasteiger charge is 2.63. The quantitative estimate of drug-likeness (QED) is 0.768. The molecule has 0 unspecified atom stereocenters. The molecule has 2 atom stereocenters. The number of rotatable bonds is 6. The van der Waals surface area contributed by atoms with E-state index in [-0.39, 0.29) is 11.3 Å². The Bertz CT molecular complexity index is 1010. The van der Waals surface area contributed by atoms with Gasteiger partial charge in [-0.1, -0.05) is 30.3 Å². The number of hydrogen-bond acceptors (Lipinski definition) is 7. The van der Waals surface area contributed by atoms with Crippen LogP contribution in [-0.4, -0.2) is 45.0 Å². The molecule has 0 saturated carbocycles. The van der Waals surface area contributed by atoms with Crippen molar-refractivity contribution in [3.63, 3.8) is 0 Å². The van der Waals surface area contributed by atoms with Gasteiger partial charge in [-0.2, -0.15) is 0 Å².